The van der Waals surface area contributed by atoms with E-state index in [1.165, 1.54) is 19.3 Å². The summed E-state index contributed by atoms with van der Waals surface area (Å²) in [6, 6.07) is 7.26. The van der Waals surface area contributed by atoms with Crippen LogP contribution in [0.3, 0.4) is 0 Å². The molecule has 142 valence electrons. The average molecular weight is 359 g/mol. The Kier molecular flexibility index (Phi) is 11.6. The van der Waals surface area contributed by atoms with Crippen LogP contribution >= 0.6 is 0 Å². The van der Waals surface area contributed by atoms with Crippen LogP contribution in [-0.4, -0.2) is 16.9 Å². The van der Waals surface area contributed by atoms with Crippen LogP contribution in [0.4, 0.5) is 0 Å². The number of carbonyl (C=O) groups is 2. The van der Waals surface area contributed by atoms with Gasteiger partial charge in [-0.05, 0) is 23.9 Å². The molecule has 0 aliphatic carbocycles. The van der Waals surface area contributed by atoms with E-state index in [9.17, 15) is 9.59 Å². The third-order valence-corrected chi connectivity index (χ3v) is 4.39. The van der Waals surface area contributed by atoms with Crippen molar-refractivity contribution < 1.29 is 14.7 Å². The fraction of sp³-hybridized carbons (Fsp3) is 0.600. The van der Waals surface area contributed by atoms with Crippen molar-refractivity contribution in [3.05, 3.63) is 45.8 Å². The molecular weight excluding hydrogens is 330 g/mol. The van der Waals surface area contributed by atoms with Crippen LogP contribution in [0.2, 0.25) is 0 Å². The highest BCUT2D eigenvalue weighted by atomic mass is 16.4. The lowest BCUT2D eigenvalue weighted by Gasteiger charge is -2.04. The molecule has 0 spiro atoms. The smallest absolute Gasteiger partial charge is 0.303 e. The van der Waals surface area contributed by atoms with Gasteiger partial charge in [0, 0.05) is 23.3 Å². The molecule has 1 aromatic rings. The Balaban J connectivity index is 2.02. The second kappa shape index (κ2) is 13.9. The molecule has 0 fully saturated rings. The molecule has 0 radical (unpaired) electrons. The van der Waals surface area contributed by atoms with Gasteiger partial charge in [-0.25, -0.2) is 0 Å². The lowest BCUT2D eigenvalue weighted by Crippen LogP contribution is -1.99. The molecule has 0 aromatic heterocycles. The maximum absolute atomic E-state index is 12.1. The van der Waals surface area contributed by atoms with E-state index in [-0.39, 0.29) is 12.2 Å². The molecule has 0 saturated heterocycles. The third-order valence-electron chi connectivity index (χ3n) is 4.39. The topological polar surface area (TPSA) is 103 Å². The molecule has 0 amide bonds. The first-order chi connectivity index (χ1) is 12.6. The van der Waals surface area contributed by atoms with E-state index < -0.39 is 5.97 Å². The van der Waals surface area contributed by atoms with E-state index >= 15 is 0 Å². The van der Waals surface area contributed by atoms with E-state index in [0.29, 0.717) is 13.0 Å². The summed E-state index contributed by atoms with van der Waals surface area (Å²) in [5, 5.41) is 12.1. The van der Waals surface area contributed by atoms with Crippen LogP contribution in [0.1, 0.15) is 86.6 Å². The Bertz CT molecular complexity index is 593. The summed E-state index contributed by atoms with van der Waals surface area (Å²) in [6.07, 6.45) is 10.4. The lowest BCUT2D eigenvalue weighted by molar-refractivity contribution is -0.137. The van der Waals surface area contributed by atoms with Crippen LogP contribution in [0.25, 0.3) is 10.4 Å². The largest absolute Gasteiger partial charge is 0.481 e. The molecule has 1 rings (SSSR count). The summed E-state index contributed by atoms with van der Waals surface area (Å²) < 4.78 is 0. The van der Waals surface area contributed by atoms with Crippen molar-refractivity contribution in [1.29, 1.82) is 0 Å². The Hall–Kier alpha value is -2.33. The predicted octanol–water partition coefficient (Wildman–Crippen LogP) is 6.06. The molecule has 0 aliphatic rings. The van der Waals surface area contributed by atoms with Crippen LogP contribution < -0.4 is 0 Å². The Morgan fingerprint density at radius 2 is 1.35 bits per heavy atom. The summed E-state index contributed by atoms with van der Waals surface area (Å²) in [7, 11) is 0. The van der Waals surface area contributed by atoms with Gasteiger partial charge in [-0.1, -0.05) is 74.3 Å². The zero-order chi connectivity index (χ0) is 19.0. The number of nitrogens with zero attached hydrogens (tertiary/aromatic N) is 3. The molecule has 0 heterocycles. The molecule has 1 aromatic carbocycles. The van der Waals surface area contributed by atoms with E-state index in [4.69, 9.17) is 10.6 Å². The van der Waals surface area contributed by atoms with Gasteiger partial charge in [-0.2, -0.15) is 0 Å². The quantitative estimate of drug-likeness (QED) is 0.135. The average Bonchev–Trinajstić information content (AvgIpc) is 2.64. The molecule has 0 bridgehead atoms. The standard InChI is InChI=1S/C20H29N3O3/c21-23-22-16-17-12-14-18(15-13-17)19(24)10-8-6-4-2-1-3-5-7-9-11-20(25)26/h12-15H,1-11,16H2,(H,25,26). The summed E-state index contributed by atoms with van der Waals surface area (Å²) >= 11 is 0. The maximum atomic E-state index is 12.1. The number of hydrogen-bond donors (Lipinski definition) is 1. The minimum Gasteiger partial charge on any atom is -0.481 e. The number of aliphatic carboxylic acids is 1. The summed E-state index contributed by atoms with van der Waals surface area (Å²) in [5.74, 6) is -0.539. The van der Waals surface area contributed by atoms with Crippen LogP contribution in [0.5, 0.6) is 0 Å². The number of Topliss-reactive ketones (excluding diaryl/α,β-unsaturated/α-hetero) is 1. The number of rotatable bonds is 15. The summed E-state index contributed by atoms with van der Waals surface area (Å²) in [4.78, 5) is 25.2. The van der Waals surface area contributed by atoms with Gasteiger partial charge in [0.1, 0.15) is 0 Å². The molecule has 0 unspecified atom stereocenters. The molecule has 6 heteroatoms. The molecule has 6 nitrogen and oxygen atoms in total. The van der Waals surface area contributed by atoms with Gasteiger partial charge in [0.25, 0.3) is 0 Å². The minimum atomic E-state index is -0.705. The normalized spacial score (nSPS) is 10.3. The Morgan fingerprint density at radius 1 is 0.846 bits per heavy atom. The molecular formula is C20H29N3O3. The van der Waals surface area contributed by atoms with Gasteiger partial charge >= 0.3 is 5.97 Å². The van der Waals surface area contributed by atoms with Crippen molar-refractivity contribution in [2.75, 3.05) is 0 Å². The lowest BCUT2D eigenvalue weighted by atomic mass is 10.0. The third kappa shape index (κ3) is 10.5. The molecule has 26 heavy (non-hydrogen) atoms. The Morgan fingerprint density at radius 3 is 1.85 bits per heavy atom. The highest BCUT2D eigenvalue weighted by Crippen LogP contribution is 2.14. The van der Waals surface area contributed by atoms with Crippen molar-refractivity contribution in [2.24, 2.45) is 5.11 Å². The number of carboxylic acids is 1. The number of hydrogen-bond acceptors (Lipinski definition) is 3. The minimum absolute atomic E-state index is 0.166. The van der Waals surface area contributed by atoms with Crippen molar-refractivity contribution in [1.82, 2.24) is 0 Å². The van der Waals surface area contributed by atoms with Crippen molar-refractivity contribution >= 4 is 11.8 Å². The highest BCUT2D eigenvalue weighted by molar-refractivity contribution is 5.96. The van der Waals surface area contributed by atoms with E-state index in [1.807, 2.05) is 12.1 Å². The van der Waals surface area contributed by atoms with E-state index in [0.717, 1.165) is 49.7 Å². The number of ketones is 1. The van der Waals surface area contributed by atoms with Gasteiger partial charge in [0.2, 0.25) is 0 Å². The zero-order valence-electron chi connectivity index (χ0n) is 15.4. The highest BCUT2D eigenvalue weighted by Gasteiger charge is 2.05. The number of azide groups is 1. The number of carboxylic acid groups (broad SMARTS) is 1. The molecule has 0 atom stereocenters. The van der Waals surface area contributed by atoms with Crippen LogP contribution in [-0.2, 0) is 11.3 Å². The molecule has 0 aliphatic heterocycles. The first-order valence-electron chi connectivity index (χ1n) is 9.48. The van der Waals surface area contributed by atoms with Crippen LogP contribution in [0, 0.1) is 0 Å². The summed E-state index contributed by atoms with van der Waals surface area (Å²) in [5.41, 5.74) is 9.92. The number of benzene rings is 1. The van der Waals surface area contributed by atoms with Crippen molar-refractivity contribution in [2.45, 2.75) is 77.2 Å². The van der Waals surface area contributed by atoms with E-state index in [2.05, 4.69) is 10.0 Å². The zero-order valence-corrected chi connectivity index (χ0v) is 15.4. The number of unbranched alkanes of at least 4 members (excludes halogenated alkanes) is 8. The van der Waals surface area contributed by atoms with E-state index in [1.54, 1.807) is 12.1 Å². The van der Waals surface area contributed by atoms with Gasteiger partial charge in [-0.15, -0.1) is 0 Å². The van der Waals surface area contributed by atoms with Gasteiger partial charge in [0.05, 0.1) is 6.54 Å². The monoisotopic (exact) mass is 359 g/mol. The van der Waals surface area contributed by atoms with Gasteiger partial charge in [0.15, 0.2) is 5.78 Å². The molecule has 1 N–H and O–H groups in total. The fourth-order valence-electron chi connectivity index (χ4n) is 2.85. The molecule has 0 saturated carbocycles. The second-order valence-corrected chi connectivity index (χ2v) is 6.58. The van der Waals surface area contributed by atoms with Crippen molar-refractivity contribution in [3.63, 3.8) is 0 Å². The number of carbonyl (C=O) groups excluding carboxylic acids is 1. The fourth-order valence-corrected chi connectivity index (χ4v) is 2.85. The second-order valence-electron chi connectivity index (χ2n) is 6.58. The Labute approximate surface area is 155 Å². The SMILES string of the molecule is [N-]=[N+]=NCc1ccc(C(=O)CCCCCCCCCCCC(=O)O)cc1. The first-order valence-corrected chi connectivity index (χ1v) is 9.48. The first kappa shape index (κ1) is 21.7. The summed E-state index contributed by atoms with van der Waals surface area (Å²) in [6.45, 7) is 0.310. The maximum Gasteiger partial charge on any atom is 0.303 e. The van der Waals surface area contributed by atoms with Gasteiger partial charge < -0.3 is 5.11 Å². The van der Waals surface area contributed by atoms with Crippen LogP contribution in [0.15, 0.2) is 29.4 Å². The van der Waals surface area contributed by atoms with Crippen molar-refractivity contribution in [3.8, 4) is 0 Å². The predicted molar refractivity (Wildman–Crippen MR) is 102 cm³/mol. The van der Waals surface area contributed by atoms with Gasteiger partial charge in [-0.3, -0.25) is 9.59 Å².